The fourth-order valence-corrected chi connectivity index (χ4v) is 4.78. The van der Waals surface area contributed by atoms with Crippen LogP contribution < -0.4 is 4.74 Å². The highest BCUT2D eigenvalue weighted by atomic mass is 32.2. The smallest absolute Gasteiger partial charge is 0.341 e. The number of amides is 1. The van der Waals surface area contributed by atoms with Gasteiger partial charge >= 0.3 is 5.97 Å². The van der Waals surface area contributed by atoms with Crippen molar-refractivity contribution in [2.45, 2.75) is 38.8 Å². The molecule has 1 aromatic rings. The molecule has 9 heteroatoms. The molecule has 1 heterocycles. The molecule has 0 aromatic heterocycles. The topological polar surface area (TPSA) is 90.0 Å². The molecule has 1 saturated heterocycles. The van der Waals surface area contributed by atoms with Crippen LogP contribution in [0.15, 0.2) is 18.2 Å². The summed E-state index contributed by atoms with van der Waals surface area (Å²) in [5.74, 6) is -2.07. The molecular weight excluding hydrogens is 377 g/mol. The molecule has 0 spiro atoms. The van der Waals surface area contributed by atoms with E-state index in [-0.39, 0.29) is 28.9 Å². The molecule has 0 aliphatic carbocycles. The SMILES string of the molecule is CC[C@H](C)N(C(=O)COC(=O)c1ccc(OC)cc1F)[C@@H]1CCS(=O)(=O)C1. The summed E-state index contributed by atoms with van der Waals surface area (Å²) in [5, 5.41) is 0. The minimum absolute atomic E-state index is 0.0364. The van der Waals surface area contributed by atoms with E-state index in [1.807, 2.05) is 13.8 Å². The van der Waals surface area contributed by atoms with Crippen molar-refractivity contribution >= 4 is 21.7 Å². The largest absolute Gasteiger partial charge is 0.497 e. The first kappa shape index (κ1) is 21.1. The van der Waals surface area contributed by atoms with Gasteiger partial charge in [-0.15, -0.1) is 0 Å². The molecule has 1 aliphatic rings. The van der Waals surface area contributed by atoms with Crippen LogP contribution in [0.25, 0.3) is 0 Å². The first-order chi connectivity index (χ1) is 12.7. The molecule has 27 heavy (non-hydrogen) atoms. The molecule has 1 aromatic carbocycles. The molecule has 0 radical (unpaired) electrons. The molecule has 7 nitrogen and oxygen atoms in total. The first-order valence-corrected chi connectivity index (χ1v) is 10.5. The standard InChI is InChI=1S/C18H24FNO6S/c1-4-12(2)20(13-7-8-27(23,24)11-13)17(21)10-26-18(22)15-6-5-14(25-3)9-16(15)19/h5-6,9,12-13H,4,7-8,10-11H2,1-3H3/t12-,13+/m0/s1. The number of ether oxygens (including phenoxy) is 2. The number of nitrogens with zero attached hydrogens (tertiary/aromatic N) is 1. The number of hydrogen-bond acceptors (Lipinski definition) is 6. The average Bonchev–Trinajstić information content (AvgIpc) is 2.98. The van der Waals surface area contributed by atoms with Gasteiger partial charge in [-0.3, -0.25) is 4.79 Å². The van der Waals surface area contributed by atoms with Gasteiger partial charge in [0.1, 0.15) is 11.6 Å². The van der Waals surface area contributed by atoms with Gasteiger partial charge in [0.25, 0.3) is 5.91 Å². The van der Waals surface area contributed by atoms with Crippen LogP contribution in [-0.2, 0) is 19.4 Å². The Hall–Kier alpha value is -2.16. The normalized spacial score (nSPS) is 19.3. The van der Waals surface area contributed by atoms with Crippen LogP contribution in [0.2, 0.25) is 0 Å². The van der Waals surface area contributed by atoms with Crippen LogP contribution in [0.4, 0.5) is 4.39 Å². The van der Waals surface area contributed by atoms with Crippen LogP contribution in [-0.4, -0.2) is 62.5 Å². The van der Waals surface area contributed by atoms with E-state index in [1.54, 1.807) is 0 Å². The van der Waals surface area contributed by atoms with E-state index in [1.165, 1.54) is 24.1 Å². The molecule has 0 unspecified atom stereocenters. The van der Waals surface area contributed by atoms with E-state index in [0.717, 1.165) is 6.07 Å². The second-order valence-electron chi connectivity index (χ2n) is 6.54. The van der Waals surface area contributed by atoms with Crippen LogP contribution in [0.1, 0.15) is 37.0 Å². The maximum absolute atomic E-state index is 13.9. The lowest BCUT2D eigenvalue weighted by atomic mass is 10.1. The third-order valence-electron chi connectivity index (χ3n) is 4.68. The van der Waals surface area contributed by atoms with Gasteiger partial charge in [-0.05, 0) is 31.9 Å². The Morgan fingerprint density at radius 3 is 2.59 bits per heavy atom. The van der Waals surface area contributed by atoms with Gasteiger partial charge < -0.3 is 14.4 Å². The molecule has 1 amide bonds. The molecule has 150 valence electrons. The maximum atomic E-state index is 13.9. The Morgan fingerprint density at radius 2 is 2.07 bits per heavy atom. The molecular formula is C18H24FNO6S. The summed E-state index contributed by atoms with van der Waals surface area (Å²) in [6.45, 7) is 3.12. The number of esters is 1. The Balaban J connectivity index is 2.06. The number of methoxy groups -OCH3 is 1. The van der Waals surface area contributed by atoms with Crippen LogP contribution in [0, 0.1) is 5.82 Å². The summed E-state index contributed by atoms with van der Waals surface area (Å²) < 4.78 is 47.3. The summed E-state index contributed by atoms with van der Waals surface area (Å²) >= 11 is 0. The van der Waals surface area contributed by atoms with Crippen molar-refractivity contribution in [3.8, 4) is 5.75 Å². The maximum Gasteiger partial charge on any atom is 0.341 e. The van der Waals surface area contributed by atoms with Gasteiger partial charge in [0, 0.05) is 18.2 Å². The molecule has 2 atom stereocenters. The van der Waals surface area contributed by atoms with Crippen molar-refractivity contribution in [1.82, 2.24) is 4.90 Å². The zero-order chi connectivity index (χ0) is 20.2. The van der Waals surface area contributed by atoms with E-state index in [0.29, 0.717) is 12.8 Å². The lowest BCUT2D eigenvalue weighted by Crippen LogP contribution is -2.48. The van der Waals surface area contributed by atoms with Gasteiger partial charge in [-0.25, -0.2) is 17.6 Å². The number of sulfone groups is 1. The van der Waals surface area contributed by atoms with E-state index in [2.05, 4.69) is 0 Å². The van der Waals surface area contributed by atoms with E-state index < -0.39 is 40.2 Å². The van der Waals surface area contributed by atoms with Crippen molar-refractivity contribution in [1.29, 1.82) is 0 Å². The fraction of sp³-hybridized carbons (Fsp3) is 0.556. The highest BCUT2D eigenvalue weighted by molar-refractivity contribution is 7.91. The minimum atomic E-state index is -3.17. The number of hydrogen-bond donors (Lipinski definition) is 0. The number of halogens is 1. The number of benzene rings is 1. The molecule has 2 rings (SSSR count). The van der Waals surface area contributed by atoms with Crippen LogP contribution in [0.3, 0.4) is 0 Å². The predicted octanol–water partition coefficient (Wildman–Crippen LogP) is 1.81. The molecule has 0 N–H and O–H groups in total. The lowest BCUT2D eigenvalue weighted by Gasteiger charge is -2.33. The van der Waals surface area contributed by atoms with Gasteiger partial charge in [-0.1, -0.05) is 6.92 Å². The number of carbonyl (C=O) groups is 2. The summed E-state index contributed by atoms with van der Waals surface area (Å²) in [6, 6.07) is 3.04. The van der Waals surface area contributed by atoms with Crippen molar-refractivity contribution in [2.24, 2.45) is 0 Å². The molecule has 1 aliphatic heterocycles. The number of rotatable bonds is 7. The lowest BCUT2D eigenvalue weighted by molar-refractivity contribution is -0.138. The van der Waals surface area contributed by atoms with Crippen LogP contribution in [0.5, 0.6) is 5.75 Å². The first-order valence-electron chi connectivity index (χ1n) is 8.70. The summed E-state index contributed by atoms with van der Waals surface area (Å²) in [5.41, 5.74) is -0.304. The Labute approximate surface area is 158 Å². The van der Waals surface area contributed by atoms with Gasteiger partial charge in [-0.2, -0.15) is 0 Å². The van der Waals surface area contributed by atoms with E-state index in [4.69, 9.17) is 9.47 Å². The quantitative estimate of drug-likeness (QED) is 0.648. The van der Waals surface area contributed by atoms with Crippen LogP contribution >= 0.6 is 0 Å². The third-order valence-corrected chi connectivity index (χ3v) is 6.43. The Morgan fingerprint density at radius 1 is 1.37 bits per heavy atom. The fourth-order valence-electron chi connectivity index (χ4n) is 3.07. The van der Waals surface area contributed by atoms with Gasteiger partial charge in [0.05, 0.1) is 24.2 Å². The zero-order valence-corrected chi connectivity index (χ0v) is 16.4. The number of carbonyl (C=O) groups excluding carboxylic acids is 2. The molecule has 0 saturated carbocycles. The summed E-state index contributed by atoms with van der Waals surface area (Å²) in [6.07, 6.45) is 0.989. The monoisotopic (exact) mass is 401 g/mol. The predicted molar refractivity (Wildman–Crippen MR) is 96.9 cm³/mol. The molecule has 0 bridgehead atoms. The van der Waals surface area contributed by atoms with E-state index >= 15 is 0 Å². The average molecular weight is 401 g/mol. The summed E-state index contributed by atoms with van der Waals surface area (Å²) in [7, 11) is -1.79. The van der Waals surface area contributed by atoms with Gasteiger partial charge in [0.2, 0.25) is 0 Å². The minimum Gasteiger partial charge on any atom is -0.497 e. The second-order valence-corrected chi connectivity index (χ2v) is 8.77. The van der Waals surface area contributed by atoms with Crippen molar-refractivity contribution in [3.05, 3.63) is 29.6 Å². The highest BCUT2D eigenvalue weighted by Crippen LogP contribution is 2.22. The Bertz CT molecular complexity index is 810. The highest BCUT2D eigenvalue weighted by Gasteiger charge is 2.36. The zero-order valence-electron chi connectivity index (χ0n) is 15.6. The van der Waals surface area contributed by atoms with Crippen molar-refractivity contribution in [2.75, 3.05) is 25.2 Å². The third kappa shape index (κ3) is 5.18. The van der Waals surface area contributed by atoms with Crippen molar-refractivity contribution in [3.63, 3.8) is 0 Å². The molecule has 1 fully saturated rings. The summed E-state index contributed by atoms with van der Waals surface area (Å²) in [4.78, 5) is 26.2. The second kappa shape index (κ2) is 8.69. The van der Waals surface area contributed by atoms with Gasteiger partial charge in [0.15, 0.2) is 16.4 Å². The van der Waals surface area contributed by atoms with E-state index in [9.17, 15) is 22.4 Å². The van der Waals surface area contributed by atoms with Crippen molar-refractivity contribution < 1.29 is 31.9 Å². The Kier molecular flexibility index (Phi) is 6.80.